The van der Waals surface area contributed by atoms with E-state index >= 15 is 0 Å². The summed E-state index contributed by atoms with van der Waals surface area (Å²) in [5.41, 5.74) is 1.90. The van der Waals surface area contributed by atoms with E-state index < -0.39 is 0 Å². The Morgan fingerprint density at radius 2 is 1.11 bits per heavy atom. The molecule has 2 fully saturated rings. The monoisotopic (exact) mass is 526 g/mol. The molecule has 0 unspecified atom stereocenters. The summed E-state index contributed by atoms with van der Waals surface area (Å²) in [6, 6.07) is 11.1. The van der Waals surface area contributed by atoms with Gasteiger partial charge in [0, 0.05) is 24.7 Å². The van der Waals surface area contributed by atoms with E-state index in [1.54, 1.807) is 26.4 Å². The highest BCUT2D eigenvalue weighted by Crippen LogP contribution is 2.51. The SMILES string of the molecule is COc1cc([C@@H]2OC[C@@H]3[C@H]2CO[C@H]3c2ccc(OC(=O)CC(C)C)c(OC)c2)ccc1OC(=O)CC(C)C. The highest BCUT2D eigenvalue weighted by atomic mass is 16.6. The molecule has 206 valence electrons. The van der Waals surface area contributed by atoms with Crippen LogP contribution in [0, 0.1) is 23.7 Å². The number of hydrogen-bond acceptors (Lipinski definition) is 8. The molecule has 0 radical (unpaired) electrons. The zero-order chi connectivity index (χ0) is 27.4. The van der Waals surface area contributed by atoms with E-state index in [9.17, 15) is 9.59 Å². The van der Waals surface area contributed by atoms with E-state index in [1.165, 1.54) is 0 Å². The summed E-state index contributed by atoms with van der Waals surface area (Å²) >= 11 is 0. The number of fused-ring (bicyclic) bond motifs is 1. The Kier molecular flexibility index (Phi) is 8.95. The summed E-state index contributed by atoms with van der Waals surface area (Å²) in [6.45, 7) is 8.97. The Hall–Kier alpha value is -3.10. The first-order chi connectivity index (χ1) is 18.2. The van der Waals surface area contributed by atoms with E-state index in [-0.39, 0.29) is 47.8 Å². The van der Waals surface area contributed by atoms with Gasteiger partial charge in [0.05, 0.1) is 39.6 Å². The van der Waals surface area contributed by atoms with Gasteiger partial charge in [-0.05, 0) is 47.2 Å². The van der Waals surface area contributed by atoms with Crippen molar-refractivity contribution in [2.45, 2.75) is 52.7 Å². The highest BCUT2D eigenvalue weighted by molar-refractivity contribution is 5.74. The molecule has 2 aliphatic rings. The van der Waals surface area contributed by atoms with Crippen LogP contribution in [-0.4, -0.2) is 39.4 Å². The van der Waals surface area contributed by atoms with Crippen molar-refractivity contribution in [3.63, 3.8) is 0 Å². The third-order valence-corrected chi connectivity index (χ3v) is 6.89. The van der Waals surface area contributed by atoms with Crippen molar-refractivity contribution >= 4 is 11.9 Å². The third-order valence-electron chi connectivity index (χ3n) is 6.89. The molecule has 2 heterocycles. The number of ether oxygens (including phenoxy) is 6. The van der Waals surface area contributed by atoms with Crippen LogP contribution in [0.1, 0.15) is 63.9 Å². The van der Waals surface area contributed by atoms with E-state index in [2.05, 4.69) is 0 Å². The zero-order valence-electron chi connectivity index (χ0n) is 23.0. The normalized spacial score (nSPS) is 22.4. The van der Waals surface area contributed by atoms with Crippen molar-refractivity contribution in [2.24, 2.45) is 23.7 Å². The van der Waals surface area contributed by atoms with E-state index in [1.807, 2.05) is 52.0 Å². The standard InChI is InChI=1S/C30H38O8/c1-17(2)11-27(31)37-23-9-7-19(13-25(23)33-5)29-21-15-36-30(22(21)16-35-29)20-8-10-24(26(14-20)34-6)38-28(32)12-18(3)4/h7-10,13-14,17-18,21-22,29-30H,11-12,15-16H2,1-6H3/t21-,22-,29+,30+/m1/s1. The lowest BCUT2D eigenvalue weighted by Gasteiger charge is -2.19. The van der Waals surface area contributed by atoms with Crippen LogP contribution in [0.5, 0.6) is 23.0 Å². The molecular weight excluding hydrogens is 488 g/mol. The van der Waals surface area contributed by atoms with Crippen LogP contribution < -0.4 is 18.9 Å². The van der Waals surface area contributed by atoms with Gasteiger partial charge >= 0.3 is 11.9 Å². The number of benzene rings is 2. The summed E-state index contributed by atoms with van der Waals surface area (Å²) in [5, 5.41) is 0. The molecule has 2 saturated heterocycles. The smallest absolute Gasteiger partial charge is 0.311 e. The first-order valence-corrected chi connectivity index (χ1v) is 13.2. The number of methoxy groups -OCH3 is 2. The summed E-state index contributed by atoms with van der Waals surface area (Å²) in [7, 11) is 3.12. The molecule has 2 aromatic carbocycles. The number of carbonyl (C=O) groups excluding carboxylic acids is 2. The van der Waals surface area contributed by atoms with Gasteiger partial charge in [-0.1, -0.05) is 39.8 Å². The van der Waals surface area contributed by atoms with Crippen LogP contribution >= 0.6 is 0 Å². The number of hydrogen-bond donors (Lipinski definition) is 0. The van der Waals surface area contributed by atoms with Gasteiger partial charge in [0.2, 0.25) is 0 Å². The zero-order valence-corrected chi connectivity index (χ0v) is 23.0. The van der Waals surface area contributed by atoms with Crippen LogP contribution in [0.4, 0.5) is 0 Å². The Morgan fingerprint density at radius 1 is 0.711 bits per heavy atom. The van der Waals surface area contributed by atoms with E-state index in [0.717, 1.165) is 11.1 Å². The third kappa shape index (κ3) is 6.30. The lowest BCUT2D eigenvalue weighted by Crippen LogP contribution is -2.15. The molecule has 0 amide bonds. The topological polar surface area (TPSA) is 89.5 Å². The molecule has 0 spiro atoms. The number of carbonyl (C=O) groups is 2. The van der Waals surface area contributed by atoms with E-state index in [0.29, 0.717) is 49.1 Å². The molecule has 0 saturated carbocycles. The van der Waals surface area contributed by atoms with Crippen LogP contribution in [0.3, 0.4) is 0 Å². The molecule has 4 atom stereocenters. The molecule has 0 bridgehead atoms. The largest absolute Gasteiger partial charge is 0.493 e. The molecule has 8 heteroatoms. The lowest BCUT2D eigenvalue weighted by atomic mass is 9.85. The van der Waals surface area contributed by atoms with Crippen molar-refractivity contribution in [1.29, 1.82) is 0 Å². The van der Waals surface area contributed by atoms with Crippen molar-refractivity contribution < 1.29 is 38.0 Å². The molecular formula is C30H38O8. The van der Waals surface area contributed by atoms with Gasteiger partial charge in [-0.15, -0.1) is 0 Å². The average Bonchev–Trinajstić information content (AvgIpc) is 3.46. The molecule has 8 nitrogen and oxygen atoms in total. The maximum absolute atomic E-state index is 12.2. The van der Waals surface area contributed by atoms with Crippen LogP contribution in [0.15, 0.2) is 36.4 Å². The molecule has 2 aliphatic heterocycles. The molecule has 0 N–H and O–H groups in total. The number of esters is 2. The Balaban J connectivity index is 1.47. The second kappa shape index (κ2) is 12.2. The predicted molar refractivity (Wildman–Crippen MR) is 141 cm³/mol. The minimum atomic E-state index is -0.286. The molecule has 4 rings (SSSR count). The fourth-order valence-corrected chi connectivity index (χ4v) is 5.12. The first kappa shape index (κ1) is 27.9. The van der Waals surface area contributed by atoms with Gasteiger partial charge in [0.15, 0.2) is 23.0 Å². The molecule has 0 aliphatic carbocycles. The van der Waals surface area contributed by atoms with Gasteiger partial charge in [-0.2, -0.15) is 0 Å². The molecule has 2 aromatic rings. The van der Waals surface area contributed by atoms with Crippen LogP contribution in [-0.2, 0) is 19.1 Å². The Labute approximate surface area is 224 Å². The minimum Gasteiger partial charge on any atom is -0.493 e. The van der Waals surface area contributed by atoms with Crippen molar-refractivity contribution in [3.8, 4) is 23.0 Å². The maximum atomic E-state index is 12.2. The maximum Gasteiger partial charge on any atom is 0.311 e. The van der Waals surface area contributed by atoms with Gasteiger partial charge in [-0.25, -0.2) is 0 Å². The fraction of sp³-hybridized carbons (Fsp3) is 0.533. The summed E-state index contributed by atoms with van der Waals surface area (Å²) in [6.07, 6.45) is 0.339. The summed E-state index contributed by atoms with van der Waals surface area (Å²) < 4.78 is 34.6. The van der Waals surface area contributed by atoms with E-state index in [4.69, 9.17) is 28.4 Å². The first-order valence-electron chi connectivity index (χ1n) is 13.2. The lowest BCUT2D eigenvalue weighted by molar-refractivity contribution is -0.136. The Morgan fingerprint density at radius 3 is 1.45 bits per heavy atom. The molecule has 0 aromatic heterocycles. The highest BCUT2D eigenvalue weighted by Gasteiger charge is 2.48. The van der Waals surface area contributed by atoms with Crippen LogP contribution in [0.2, 0.25) is 0 Å². The van der Waals surface area contributed by atoms with Crippen molar-refractivity contribution in [2.75, 3.05) is 27.4 Å². The van der Waals surface area contributed by atoms with Crippen LogP contribution in [0.25, 0.3) is 0 Å². The summed E-state index contributed by atoms with van der Waals surface area (Å²) in [4.78, 5) is 24.3. The van der Waals surface area contributed by atoms with Gasteiger partial charge in [-0.3, -0.25) is 9.59 Å². The van der Waals surface area contributed by atoms with Gasteiger partial charge in [0.1, 0.15) is 0 Å². The predicted octanol–water partition coefficient (Wildman–Crippen LogP) is 5.68. The number of rotatable bonds is 10. The fourth-order valence-electron chi connectivity index (χ4n) is 5.12. The minimum absolute atomic E-state index is 0.147. The average molecular weight is 527 g/mol. The van der Waals surface area contributed by atoms with Crippen molar-refractivity contribution in [1.82, 2.24) is 0 Å². The summed E-state index contributed by atoms with van der Waals surface area (Å²) in [5.74, 6) is 1.94. The quantitative estimate of drug-likeness (QED) is 0.289. The second-order valence-corrected chi connectivity index (χ2v) is 10.8. The Bertz CT molecular complexity index is 1050. The van der Waals surface area contributed by atoms with Gasteiger partial charge < -0.3 is 28.4 Å². The van der Waals surface area contributed by atoms with Gasteiger partial charge in [0.25, 0.3) is 0 Å². The molecule has 38 heavy (non-hydrogen) atoms. The second-order valence-electron chi connectivity index (χ2n) is 10.8. The van der Waals surface area contributed by atoms with Crippen molar-refractivity contribution in [3.05, 3.63) is 47.5 Å².